The quantitative estimate of drug-likeness (QED) is 0.269. The van der Waals surface area contributed by atoms with Gasteiger partial charge in [0.2, 0.25) is 11.7 Å². The lowest BCUT2D eigenvalue weighted by Gasteiger charge is -2.60. The number of carbonyl (C=O) groups excluding carboxylic acids is 5. The number of ether oxygens (including phenoxy) is 1. The molecule has 0 aliphatic heterocycles. The van der Waals surface area contributed by atoms with E-state index in [0.29, 0.717) is 19.3 Å². The van der Waals surface area contributed by atoms with Crippen LogP contribution in [0.5, 0.6) is 0 Å². The summed E-state index contributed by atoms with van der Waals surface area (Å²) in [6.07, 6.45) is 3.80. The van der Waals surface area contributed by atoms with Crippen LogP contribution in [-0.2, 0) is 28.7 Å². The van der Waals surface area contributed by atoms with Crippen molar-refractivity contribution in [3.8, 4) is 0 Å². The first kappa shape index (κ1) is 29.4. The minimum Gasteiger partial charge on any atom is -0.548 e. The Morgan fingerprint density at radius 3 is 2.54 bits per heavy atom. The van der Waals surface area contributed by atoms with Crippen molar-refractivity contribution in [3.63, 3.8) is 0 Å². The molecule has 0 aromatic rings. The first-order valence-electron chi connectivity index (χ1n) is 13.7. The summed E-state index contributed by atoms with van der Waals surface area (Å²) in [7, 11) is 0. The first-order valence-corrected chi connectivity index (χ1v) is 13.7. The lowest BCUT2D eigenvalue weighted by Crippen LogP contribution is -2.62. The number of carbonyl (C=O) groups is 5. The van der Waals surface area contributed by atoms with E-state index in [9.17, 15) is 39.3 Å². The zero-order valence-corrected chi connectivity index (χ0v) is 22.4. The van der Waals surface area contributed by atoms with Crippen LogP contribution < -0.4 is 10.4 Å². The molecule has 11 nitrogen and oxygen atoms in total. The number of carboxylic acids is 1. The Labute approximate surface area is 227 Å². The maximum Gasteiger partial charge on any atom is 0.306 e. The van der Waals surface area contributed by atoms with Crippen molar-refractivity contribution in [1.29, 1.82) is 0 Å². The van der Waals surface area contributed by atoms with Gasteiger partial charge in [-0.05, 0) is 67.8 Å². The van der Waals surface area contributed by atoms with Gasteiger partial charge in [-0.3, -0.25) is 19.2 Å². The number of nitrogens with one attached hydrogen (secondary N) is 1. The fourth-order valence-electron chi connectivity index (χ4n) is 8.15. The highest BCUT2D eigenvalue weighted by Crippen LogP contribution is 2.67. The lowest BCUT2D eigenvalue weighted by atomic mass is 9.45. The average molecular weight is 549 g/mol. The van der Waals surface area contributed by atoms with Crippen LogP contribution in [-0.4, -0.2) is 75.7 Å². The number of amides is 1. The Balaban J connectivity index is 1.39. The molecule has 4 aliphatic rings. The predicted molar refractivity (Wildman–Crippen MR) is 132 cm³/mol. The van der Waals surface area contributed by atoms with Gasteiger partial charge in [0.15, 0.2) is 12.4 Å². The van der Waals surface area contributed by atoms with E-state index in [4.69, 9.17) is 9.84 Å². The molecule has 3 fully saturated rings. The van der Waals surface area contributed by atoms with Gasteiger partial charge in [-0.25, -0.2) is 0 Å². The number of aliphatic hydroxyl groups is 3. The summed E-state index contributed by atoms with van der Waals surface area (Å²) in [5.74, 6) is -3.86. The molecule has 0 heterocycles. The summed E-state index contributed by atoms with van der Waals surface area (Å²) in [5.41, 5.74) is -1.89. The smallest absolute Gasteiger partial charge is 0.306 e. The Morgan fingerprint density at radius 1 is 1.15 bits per heavy atom. The monoisotopic (exact) mass is 548 g/mol. The van der Waals surface area contributed by atoms with Crippen molar-refractivity contribution < 1.29 is 49.1 Å². The third-order valence-electron chi connectivity index (χ3n) is 10.2. The molecule has 11 heteroatoms. The van der Waals surface area contributed by atoms with E-state index < -0.39 is 72.8 Å². The molecule has 3 saturated carbocycles. The van der Waals surface area contributed by atoms with Gasteiger partial charge in [0.1, 0.15) is 5.60 Å². The van der Waals surface area contributed by atoms with E-state index in [1.807, 2.05) is 12.2 Å². The van der Waals surface area contributed by atoms with Crippen LogP contribution in [0.4, 0.5) is 0 Å². The first-order chi connectivity index (χ1) is 18.3. The molecule has 0 aromatic heterocycles. The summed E-state index contributed by atoms with van der Waals surface area (Å²) in [6, 6.07) is -1.60. The van der Waals surface area contributed by atoms with Gasteiger partial charge in [-0.2, -0.15) is 0 Å². The minimum absolute atomic E-state index is 0.0153. The molecule has 216 valence electrons. The van der Waals surface area contributed by atoms with E-state index >= 15 is 0 Å². The molecule has 0 saturated heterocycles. The Kier molecular flexibility index (Phi) is 8.08. The van der Waals surface area contributed by atoms with Crippen LogP contribution in [0.2, 0.25) is 0 Å². The number of ketones is 2. The second-order valence-corrected chi connectivity index (χ2v) is 12.2. The summed E-state index contributed by atoms with van der Waals surface area (Å²) >= 11 is 0. The van der Waals surface area contributed by atoms with E-state index in [1.165, 1.54) is 0 Å². The third kappa shape index (κ3) is 5.04. The topological polar surface area (TPSA) is 190 Å². The van der Waals surface area contributed by atoms with Crippen LogP contribution in [0.25, 0.3) is 0 Å². The number of hydrogen-bond donors (Lipinski definition) is 4. The molecule has 1 amide bonds. The summed E-state index contributed by atoms with van der Waals surface area (Å²) in [4.78, 5) is 60.1. The van der Waals surface area contributed by atoms with E-state index in [2.05, 4.69) is 6.92 Å². The number of esters is 1. The normalized spacial score (nSPS) is 38.0. The highest BCUT2D eigenvalue weighted by atomic mass is 16.5. The molecule has 0 aromatic carbocycles. The Bertz CT molecular complexity index is 1090. The highest BCUT2D eigenvalue weighted by Gasteiger charge is 2.68. The van der Waals surface area contributed by atoms with Gasteiger partial charge in [0, 0.05) is 18.3 Å². The maximum atomic E-state index is 13.3. The number of hydrogen-bond acceptors (Lipinski definition) is 10. The second kappa shape index (κ2) is 10.7. The minimum atomic E-state index is -1.79. The second-order valence-electron chi connectivity index (χ2n) is 12.2. The van der Waals surface area contributed by atoms with E-state index in [1.54, 1.807) is 6.08 Å². The molecule has 8 atom stereocenters. The number of allylic oxidation sites excluding steroid dienone is 1. The third-order valence-corrected chi connectivity index (χ3v) is 10.2. The Morgan fingerprint density at radius 2 is 1.87 bits per heavy atom. The van der Waals surface area contributed by atoms with Crippen LogP contribution in [0.15, 0.2) is 11.6 Å². The molecule has 4 N–H and O–H groups in total. The molecule has 4 aliphatic carbocycles. The molecule has 39 heavy (non-hydrogen) atoms. The number of rotatable bonds is 9. The Hall–Kier alpha value is -2.63. The van der Waals surface area contributed by atoms with Crippen LogP contribution in [0.1, 0.15) is 71.6 Å². The lowest BCUT2D eigenvalue weighted by molar-refractivity contribution is -0.309. The zero-order chi connectivity index (χ0) is 28.8. The van der Waals surface area contributed by atoms with Gasteiger partial charge in [-0.15, -0.1) is 0 Å². The SMILES string of the molecule is C[C@]12C[C@@H](O)[C@@H]3[C@H](CCC4=CC(=O)CC[C@]43C)[C@@H]1CC[C@@]2(O)C(=O)COC(=O)CCC(=O)N[C@H](CO)C(=O)[O-]. The standard InChI is InChI=1S/C28H39NO10/c1-26-9-7-16(31)11-15(26)3-4-17-18-8-10-28(38,27(18,2)12-20(32)24(17)26)21(33)14-39-23(35)6-5-22(34)29-19(13-30)25(36)37/h11,17-20,24,30,32,38H,3-10,12-14H2,1-2H3,(H,29,34)(H,36,37)/p-1/t17-,18+,19-,20-,24+,26-,27+,28-/m1/s1. The molecule has 0 radical (unpaired) electrons. The van der Waals surface area contributed by atoms with Crippen molar-refractivity contribution in [2.75, 3.05) is 13.2 Å². The molecule has 4 rings (SSSR count). The number of Topliss-reactive ketones (excluding diaryl/α,β-unsaturated/α-hetero) is 1. The van der Waals surface area contributed by atoms with E-state index in [-0.39, 0.29) is 41.8 Å². The predicted octanol–water partition coefficient (Wildman–Crippen LogP) is -0.660. The highest BCUT2D eigenvalue weighted by molar-refractivity contribution is 5.92. The van der Waals surface area contributed by atoms with Crippen molar-refractivity contribution in [1.82, 2.24) is 5.32 Å². The molecule has 0 spiro atoms. The largest absolute Gasteiger partial charge is 0.548 e. The van der Waals surface area contributed by atoms with Crippen LogP contribution in [0.3, 0.4) is 0 Å². The van der Waals surface area contributed by atoms with E-state index in [0.717, 1.165) is 18.4 Å². The molecule has 0 unspecified atom stereocenters. The number of fused-ring (bicyclic) bond motifs is 5. The molecule has 0 bridgehead atoms. The van der Waals surface area contributed by atoms with Crippen LogP contribution >= 0.6 is 0 Å². The van der Waals surface area contributed by atoms with Gasteiger partial charge in [0.25, 0.3) is 0 Å². The average Bonchev–Trinajstić information content (AvgIpc) is 3.15. The van der Waals surface area contributed by atoms with Gasteiger partial charge in [0.05, 0.1) is 31.1 Å². The van der Waals surface area contributed by atoms with Crippen molar-refractivity contribution in [2.45, 2.75) is 89.4 Å². The van der Waals surface area contributed by atoms with Crippen molar-refractivity contribution in [3.05, 3.63) is 11.6 Å². The maximum absolute atomic E-state index is 13.3. The molecular formula is C28H38NO10-. The molecular weight excluding hydrogens is 510 g/mol. The number of aliphatic carboxylic acids is 1. The van der Waals surface area contributed by atoms with Gasteiger partial charge in [-0.1, -0.05) is 19.4 Å². The fraction of sp³-hybridized carbons (Fsp3) is 0.750. The van der Waals surface area contributed by atoms with Crippen molar-refractivity contribution >= 4 is 29.4 Å². The van der Waals surface area contributed by atoms with Gasteiger partial charge < -0.3 is 35.3 Å². The van der Waals surface area contributed by atoms with Gasteiger partial charge >= 0.3 is 5.97 Å². The van der Waals surface area contributed by atoms with Crippen molar-refractivity contribution in [2.24, 2.45) is 28.6 Å². The zero-order valence-electron chi connectivity index (χ0n) is 22.4. The fourth-order valence-corrected chi connectivity index (χ4v) is 8.15. The summed E-state index contributed by atoms with van der Waals surface area (Å²) in [6.45, 7) is 2.41. The number of aliphatic hydroxyl groups excluding tert-OH is 2. The van der Waals surface area contributed by atoms with Crippen LogP contribution in [0, 0.1) is 28.6 Å². The summed E-state index contributed by atoms with van der Waals surface area (Å²) in [5, 5.41) is 44.9. The summed E-state index contributed by atoms with van der Waals surface area (Å²) < 4.78 is 5.06. The number of carboxylic acid groups (broad SMARTS) is 1.